The SMILES string of the molecule is CCc1ccc(C(=O)O)cc1N1CC(CO)CC1=O. The Morgan fingerprint density at radius 1 is 1.47 bits per heavy atom. The van der Waals surface area contributed by atoms with Crippen molar-refractivity contribution in [2.75, 3.05) is 18.1 Å². The quantitative estimate of drug-likeness (QED) is 0.858. The zero-order valence-corrected chi connectivity index (χ0v) is 10.8. The third-order valence-corrected chi connectivity index (χ3v) is 3.47. The van der Waals surface area contributed by atoms with E-state index in [4.69, 9.17) is 10.2 Å². The van der Waals surface area contributed by atoms with E-state index in [0.717, 1.165) is 12.0 Å². The van der Waals surface area contributed by atoms with Crippen LogP contribution in [0, 0.1) is 5.92 Å². The number of carbonyl (C=O) groups excluding carboxylic acids is 1. The summed E-state index contributed by atoms with van der Waals surface area (Å²) in [6, 6.07) is 4.84. The van der Waals surface area contributed by atoms with Crippen LogP contribution < -0.4 is 4.90 Å². The Morgan fingerprint density at radius 3 is 2.74 bits per heavy atom. The maximum absolute atomic E-state index is 12.0. The second-order valence-electron chi connectivity index (χ2n) is 4.76. The highest BCUT2D eigenvalue weighted by atomic mass is 16.4. The molecule has 0 bridgehead atoms. The number of aliphatic hydroxyl groups excluding tert-OH is 1. The number of carbonyl (C=O) groups is 2. The summed E-state index contributed by atoms with van der Waals surface area (Å²) >= 11 is 0. The van der Waals surface area contributed by atoms with Gasteiger partial charge in [0.2, 0.25) is 5.91 Å². The monoisotopic (exact) mass is 263 g/mol. The summed E-state index contributed by atoms with van der Waals surface area (Å²) in [7, 11) is 0. The molecule has 1 aromatic rings. The van der Waals surface area contributed by atoms with Crippen LogP contribution in [-0.4, -0.2) is 35.2 Å². The summed E-state index contributed by atoms with van der Waals surface area (Å²) in [4.78, 5) is 24.6. The lowest BCUT2D eigenvalue weighted by molar-refractivity contribution is -0.117. The Labute approximate surface area is 111 Å². The Hall–Kier alpha value is -1.88. The maximum Gasteiger partial charge on any atom is 0.335 e. The molecule has 1 aromatic carbocycles. The van der Waals surface area contributed by atoms with Crippen LogP contribution in [0.2, 0.25) is 0 Å². The van der Waals surface area contributed by atoms with Crippen molar-refractivity contribution in [2.24, 2.45) is 5.92 Å². The fourth-order valence-electron chi connectivity index (χ4n) is 2.38. The van der Waals surface area contributed by atoms with Crippen molar-refractivity contribution in [2.45, 2.75) is 19.8 Å². The van der Waals surface area contributed by atoms with E-state index in [-0.39, 0.29) is 24.0 Å². The van der Waals surface area contributed by atoms with Crippen molar-refractivity contribution in [1.29, 1.82) is 0 Å². The van der Waals surface area contributed by atoms with Crippen molar-refractivity contribution in [3.05, 3.63) is 29.3 Å². The minimum Gasteiger partial charge on any atom is -0.478 e. The van der Waals surface area contributed by atoms with Gasteiger partial charge in [0, 0.05) is 31.2 Å². The van der Waals surface area contributed by atoms with Crippen LogP contribution in [0.25, 0.3) is 0 Å². The van der Waals surface area contributed by atoms with Gasteiger partial charge in [0.15, 0.2) is 0 Å². The van der Waals surface area contributed by atoms with E-state index < -0.39 is 5.97 Å². The van der Waals surface area contributed by atoms with Crippen LogP contribution in [0.4, 0.5) is 5.69 Å². The Bertz CT molecular complexity index is 512. The molecule has 2 N–H and O–H groups in total. The molecular formula is C14H17NO4. The van der Waals surface area contributed by atoms with Crippen molar-refractivity contribution in [3.63, 3.8) is 0 Å². The van der Waals surface area contributed by atoms with Crippen molar-refractivity contribution in [1.82, 2.24) is 0 Å². The van der Waals surface area contributed by atoms with E-state index in [1.54, 1.807) is 23.1 Å². The Balaban J connectivity index is 2.39. The zero-order valence-electron chi connectivity index (χ0n) is 10.8. The van der Waals surface area contributed by atoms with Gasteiger partial charge >= 0.3 is 5.97 Å². The molecule has 5 nitrogen and oxygen atoms in total. The van der Waals surface area contributed by atoms with Gasteiger partial charge < -0.3 is 15.1 Å². The molecule has 1 aliphatic heterocycles. The number of aromatic carboxylic acids is 1. The number of aliphatic hydroxyl groups is 1. The first-order valence-electron chi connectivity index (χ1n) is 6.34. The number of carboxylic acids is 1. The first-order chi connectivity index (χ1) is 9.06. The molecule has 0 aliphatic carbocycles. The summed E-state index contributed by atoms with van der Waals surface area (Å²) in [6.45, 7) is 2.39. The van der Waals surface area contributed by atoms with Gasteiger partial charge in [-0.05, 0) is 24.1 Å². The highest BCUT2D eigenvalue weighted by Crippen LogP contribution is 2.29. The predicted octanol–water partition coefficient (Wildman–Crippen LogP) is 1.29. The highest BCUT2D eigenvalue weighted by molar-refractivity contribution is 5.98. The van der Waals surface area contributed by atoms with Crippen molar-refractivity contribution < 1.29 is 19.8 Å². The minimum atomic E-state index is -1.01. The number of hydrogen-bond donors (Lipinski definition) is 2. The molecule has 0 spiro atoms. The van der Waals surface area contributed by atoms with Gasteiger partial charge in [0.1, 0.15) is 0 Å². The topological polar surface area (TPSA) is 77.8 Å². The molecule has 1 fully saturated rings. The lowest BCUT2D eigenvalue weighted by Gasteiger charge is -2.20. The molecule has 0 saturated carbocycles. The summed E-state index contributed by atoms with van der Waals surface area (Å²) < 4.78 is 0. The van der Waals surface area contributed by atoms with E-state index in [0.29, 0.717) is 18.7 Å². The normalized spacial score (nSPS) is 18.9. The molecule has 1 unspecified atom stereocenters. The summed E-state index contributed by atoms with van der Waals surface area (Å²) in [5, 5.41) is 18.2. The average molecular weight is 263 g/mol. The third kappa shape index (κ3) is 2.61. The summed E-state index contributed by atoms with van der Waals surface area (Å²) in [5.74, 6) is -1.13. The minimum absolute atomic E-state index is 0.0255. The molecule has 0 aromatic heterocycles. The predicted molar refractivity (Wildman–Crippen MR) is 70.3 cm³/mol. The van der Waals surface area contributed by atoms with Gasteiger partial charge in [-0.15, -0.1) is 0 Å². The van der Waals surface area contributed by atoms with Crippen LogP contribution in [0.5, 0.6) is 0 Å². The highest BCUT2D eigenvalue weighted by Gasteiger charge is 2.31. The van der Waals surface area contributed by atoms with E-state index in [9.17, 15) is 9.59 Å². The summed E-state index contributed by atoms with van der Waals surface area (Å²) in [5.41, 5.74) is 1.77. The number of hydrogen-bond acceptors (Lipinski definition) is 3. The van der Waals surface area contributed by atoms with Crippen LogP contribution in [0.3, 0.4) is 0 Å². The fourth-order valence-corrected chi connectivity index (χ4v) is 2.38. The smallest absolute Gasteiger partial charge is 0.335 e. The van der Waals surface area contributed by atoms with Crippen LogP contribution in [0.15, 0.2) is 18.2 Å². The van der Waals surface area contributed by atoms with Gasteiger partial charge in [-0.2, -0.15) is 0 Å². The van der Waals surface area contributed by atoms with E-state index in [2.05, 4.69) is 0 Å². The van der Waals surface area contributed by atoms with Crippen LogP contribution in [-0.2, 0) is 11.2 Å². The van der Waals surface area contributed by atoms with Gasteiger partial charge in [-0.25, -0.2) is 4.79 Å². The molecule has 5 heteroatoms. The van der Waals surface area contributed by atoms with Crippen molar-refractivity contribution >= 4 is 17.6 Å². The second-order valence-corrected chi connectivity index (χ2v) is 4.76. The molecular weight excluding hydrogens is 246 g/mol. The molecule has 1 saturated heterocycles. The summed E-state index contributed by atoms with van der Waals surface area (Å²) in [6.07, 6.45) is 1.04. The molecule has 19 heavy (non-hydrogen) atoms. The number of carboxylic acid groups (broad SMARTS) is 1. The van der Waals surface area contributed by atoms with Crippen LogP contribution >= 0.6 is 0 Å². The number of rotatable bonds is 4. The van der Waals surface area contributed by atoms with Crippen molar-refractivity contribution in [3.8, 4) is 0 Å². The molecule has 1 heterocycles. The van der Waals surface area contributed by atoms with E-state index in [1.807, 2.05) is 6.92 Å². The lowest BCUT2D eigenvalue weighted by atomic mass is 10.1. The second kappa shape index (κ2) is 5.40. The average Bonchev–Trinajstić information content (AvgIpc) is 2.79. The zero-order chi connectivity index (χ0) is 14.0. The first-order valence-corrected chi connectivity index (χ1v) is 6.34. The molecule has 1 amide bonds. The fraction of sp³-hybridized carbons (Fsp3) is 0.429. The standard InChI is InChI=1S/C14H17NO4/c1-2-10-3-4-11(14(18)19)6-12(10)15-7-9(8-16)5-13(15)17/h3-4,6,9,16H,2,5,7-8H2,1H3,(H,18,19). The number of aryl methyl sites for hydroxylation is 1. The molecule has 0 radical (unpaired) electrons. The number of amides is 1. The van der Waals surface area contributed by atoms with Gasteiger partial charge in [0.05, 0.1) is 5.56 Å². The largest absolute Gasteiger partial charge is 0.478 e. The molecule has 2 rings (SSSR count). The van der Waals surface area contributed by atoms with Gasteiger partial charge in [-0.1, -0.05) is 13.0 Å². The molecule has 102 valence electrons. The molecule has 1 atom stereocenters. The van der Waals surface area contributed by atoms with E-state index in [1.165, 1.54) is 0 Å². The first kappa shape index (κ1) is 13.5. The lowest BCUT2D eigenvalue weighted by Crippen LogP contribution is -2.26. The van der Waals surface area contributed by atoms with Gasteiger partial charge in [0.25, 0.3) is 0 Å². The number of nitrogens with zero attached hydrogens (tertiary/aromatic N) is 1. The number of anilines is 1. The third-order valence-electron chi connectivity index (χ3n) is 3.47. The van der Waals surface area contributed by atoms with Gasteiger partial charge in [-0.3, -0.25) is 4.79 Å². The Morgan fingerprint density at radius 2 is 2.21 bits per heavy atom. The maximum atomic E-state index is 12.0. The molecule has 1 aliphatic rings. The number of benzene rings is 1. The Kier molecular flexibility index (Phi) is 3.85. The van der Waals surface area contributed by atoms with Crippen LogP contribution in [0.1, 0.15) is 29.3 Å². The van der Waals surface area contributed by atoms with E-state index >= 15 is 0 Å².